The maximum Gasteiger partial charge on any atom is 0.294 e. The number of aromatic hydroxyl groups is 1. The van der Waals surface area contributed by atoms with Crippen molar-refractivity contribution in [3.05, 3.63) is 94.6 Å². The fourth-order valence-corrected chi connectivity index (χ4v) is 3.53. The zero-order chi connectivity index (χ0) is 20.7. The number of aliphatic hydroxyl groups is 1. The van der Waals surface area contributed by atoms with Gasteiger partial charge in [-0.15, -0.1) is 0 Å². The average Bonchev–Trinajstić information content (AvgIpc) is 3.32. The van der Waals surface area contributed by atoms with Crippen LogP contribution < -0.4 is 4.90 Å². The maximum absolute atomic E-state index is 13.1. The second-order valence-corrected chi connectivity index (χ2v) is 7.01. The van der Waals surface area contributed by atoms with E-state index in [0.29, 0.717) is 11.3 Å². The Balaban J connectivity index is 1.91. The molecule has 0 saturated heterocycles. The first kappa shape index (κ1) is 18.6. The van der Waals surface area contributed by atoms with Gasteiger partial charge in [0.05, 0.1) is 17.9 Å². The topological polar surface area (TPSA) is 91.0 Å². The molecule has 0 aliphatic carbocycles. The van der Waals surface area contributed by atoms with Crippen LogP contribution >= 0.6 is 0 Å². The van der Waals surface area contributed by atoms with Crippen molar-refractivity contribution in [2.24, 2.45) is 0 Å². The summed E-state index contributed by atoms with van der Waals surface area (Å²) in [4.78, 5) is 27.5. The van der Waals surface area contributed by atoms with E-state index in [9.17, 15) is 19.8 Å². The number of amides is 1. The number of Topliss-reactive ketones (excluding diaryl/α,β-unsaturated/α-hetero) is 1. The van der Waals surface area contributed by atoms with Crippen molar-refractivity contribution >= 4 is 17.4 Å². The summed E-state index contributed by atoms with van der Waals surface area (Å²) in [6.45, 7) is 3.88. The van der Waals surface area contributed by atoms with Gasteiger partial charge in [-0.05, 0) is 66.9 Å². The number of carbonyl (C=O) groups excluding carboxylic acids is 2. The lowest BCUT2D eigenvalue weighted by Gasteiger charge is -2.27. The molecule has 6 nitrogen and oxygen atoms in total. The number of anilines is 1. The Hall–Kier alpha value is -3.80. The third-order valence-corrected chi connectivity index (χ3v) is 5.15. The van der Waals surface area contributed by atoms with Crippen molar-refractivity contribution < 1.29 is 24.2 Å². The smallest absolute Gasteiger partial charge is 0.294 e. The number of furan rings is 1. The third kappa shape index (κ3) is 3.08. The fraction of sp³-hybridized carbons (Fsp3) is 0.130. The molecule has 0 bridgehead atoms. The lowest BCUT2D eigenvalue weighted by atomic mass is 9.94. The molecule has 1 aromatic heterocycles. The quantitative estimate of drug-likeness (QED) is 0.646. The maximum atomic E-state index is 13.1. The molecule has 3 aromatic rings. The number of carbonyl (C=O) groups is 2. The van der Waals surface area contributed by atoms with E-state index in [1.54, 1.807) is 24.3 Å². The van der Waals surface area contributed by atoms with Gasteiger partial charge in [0.1, 0.15) is 5.75 Å². The van der Waals surface area contributed by atoms with Crippen molar-refractivity contribution in [2.75, 3.05) is 4.90 Å². The Morgan fingerprint density at radius 3 is 2.45 bits per heavy atom. The first-order valence-electron chi connectivity index (χ1n) is 9.09. The zero-order valence-corrected chi connectivity index (χ0v) is 15.9. The number of rotatable bonds is 4. The highest BCUT2D eigenvalue weighted by Crippen LogP contribution is 2.42. The summed E-state index contributed by atoms with van der Waals surface area (Å²) in [6.07, 6.45) is 1.35. The predicted molar refractivity (Wildman–Crippen MR) is 107 cm³/mol. The molecule has 2 aromatic carbocycles. The Morgan fingerprint density at radius 2 is 1.79 bits per heavy atom. The van der Waals surface area contributed by atoms with Crippen LogP contribution in [0.1, 0.15) is 33.3 Å². The lowest BCUT2D eigenvalue weighted by molar-refractivity contribution is -0.117. The van der Waals surface area contributed by atoms with Gasteiger partial charge in [0.15, 0.2) is 11.5 Å². The first-order valence-corrected chi connectivity index (χ1v) is 9.09. The molecular weight excluding hydrogens is 370 g/mol. The molecule has 4 rings (SSSR count). The van der Waals surface area contributed by atoms with Gasteiger partial charge in [0.25, 0.3) is 5.91 Å². The van der Waals surface area contributed by atoms with Crippen molar-refractivity contribution in [1.82, 2.24) is 0 Å². The van der Waals surface area contributed by atoms with Gasteiger partial charge >= 0.3 is 0 Å². The van der Waals surface area contributed by atoms with E-state index in [4.69, 9.17) is 4.42 Å². The molecule has 1 unspecified atom stereocenters. The van der Waals surface area contributed by atoms with E-state index in [2.05, 4.69) is 0 Å². The molecule has 6 heteroatoms. The van der Waals surface area contributed by atoms with Crippen LogP contribution in [0.2, 0.25) is 0 Å². The van der Waals surface area contributed by atoms with Crippen LogP contribution in [-0.2, 0) is 4.79 Å². The summed E-state index contributed by atoms with van der Waals surface area (Å²) < 4.78 is 5.20. The van der Waals surface area contributed by atoms with E-state index < -0.39 is 23.5 Å². The summed E-state index contributed by atoms with van der Waals surface area (Å²) in [5.41, 5.74) is 2.97. The monoisotopic (exact) mass is 389 g/mol. The summed E-state index contributed by atoms with van der Waals surface area (Å²) in [6, 6.07) is 13.9. The molecule has 146 valence electrons. The molecule has 2 heterocycles. The number of aryl methyl sites for hydroxylation is 2. The number of phenolic OH excluding ortho intramolecular Hbond substituents is 1. The molecule has 2 N–H and O–H groups in total. The Kier molecular flexibility index (Phi) is 4.47. The first-order chi connectivity index (χ1) is 13.9. The summed E-state index contributed by atoms with van der Waals surface area (Å²) >= 11 is 0. The van der Waals surface area contributed by atoms with Crippen molar-refractivity contribution in [2.45, 2.75) is 19.9 Å². The Morgan fingerprint density at radius 1 is 1.00 bits per heavy atom. The number of benzene rings is 2. The van der Waals surface area contributed by atoms with Crippen LogP contribution in [-0.4, -0.2) is 21.9 Å². The second-order valence-electron chi connectivity index (χ2n) is 7.01. The van der Waals surface area contributed by atoms with Crippen molar-refractivity contribution in [1.29, 1.82) is 0 Å². The van der Waals surface area contributed by atoms with Crippen LogP contribution in [0.25, 0.3) is 0 Å². The standard InChI is InChI=1S/C23H19NO5/c1-13-8-9-16(11-14(13)2)24-20(15-5-3-6-17(25)12-15)19(22(27)23(24)28)21(26)18-7-4-10-29-18/h3-12,20,25,27H,1-2H3. The van der Waals surface area contributed by atoms with Gasteiger partial charge in [-0.25, -0.2) is 0 Å². The lowest BCUT2D eigenvalue weighted by Crippen LogP contribution is -2.31. The highest BCUT2D eigenvalue weighted by atomic mass is 16.3. The molecule has 0 spiro atoms. The van der Waals surface area contributed by atoms with Crippen LogP contribution in [0.4, 0.5) is 5.69 Å². The third-order valence-electron chi connectivity index (χ3n) is 5.15. The minimum Gasteiger partial charge on any atom is -0.508 e. The summed E-state index contributed by atoms with van der Waals surface area (Å²) in [7, 11) is 0. The largest absolute Gasteiger partial charge is 0.508 e. The fourth-order valence-electron chi connectivity index (χ4n) is 3.53. The van der Waals surface area contributed by atoms with E-state index >= 15 is 0 Å². The van der Waals surface area contributed by atoms with Gasteiger partial charge in [-0.1, -0.05) is 18.2 Å². The van der Waals surface area contributed by atoms with Gasteiger partial charge in [-0.2, -0.15) is 0 Å². The zero-order valence-electron chi connectivity index (χ0n) is 15.9. The second kappa shape index (κ2) is 6.98. The normalized spacial score (nSPS) is 16.6. The summed E-state index contributed by atoms with van der Waals surface area (Å²) in [5, 5.41) is 20.6. The van der Waals surface area contributed by atoms with Gasteiger partial charge in [-0.3, -0.25) is 14.5 Å². The molecule has 1 aliphatic rings. The number of phenols is 1. The minimum absolute atomic E-state index is 0.00817. The number of hydrogen-bond acceptors (Lipinski definition) is 5. The van der Waals surface area contributed by atoms with Crippen LogP contribution in [0.15, 0.2) is 76.6 Å². The van der Waals surface area contributed by atoms with Gasteiger partial charge in [0.2, 0.25) is 5.78 Å². The minimum atomic E-state index is -0.908. The number of hydrogen-bond donors (Lipinski definition) is 2. The van der Waals surface area contributed by atoms with Crippen LogP contribution in [0.3, 0.4) is 0 Å². The molecule has 1 atom stereocenters. The van der Waals surface area contributed by atoms with Crippen LogP contribution in [0, 0.1) is 13.8 Å². The molecule has 0 fully saturated rings. The van der Waals surface area contributed by atoms with E-state index in [1.165, 1.54) is 29.4 Å². The average molecular weight is 389 g/mol. The highest BCUT2D eigenvalue weighted by molar-refractivity contribution is 6.20. The number of aliphatic hydroxyl groups excluding tert-OH is 1. The number of ketones is 1. The van der Waals surface area contributed by atoms with Crippen molar-refractivity contribution in [3.8, 4) is 5.75 Å². The molecule has 0 radical (unpaired) electrons. The highest BCUT2D eigenvalue weighted by Gasteiger charge is 2.45. The van der Waals surface area contributed by atoms with Gasteiger partial charge < -0.3 is 14.6 Å². The Labute approximate surface area is 167 Å². The molecule has 0 saturated carbocycles. The van der Waals surface area contributed by atoms with E-state index in [0.717, 1.165) is 11.1 Å². The van der Waals surface area contributed by atoms with Gasteiger partial charge in [0, 0.05) is 5.69 Å². The predicted octanol–water partition coefficient (Wildman–Crippen LogP) is 4.38. The van der Waals surface area contributed by atoms with Crippen molar-refractivity contribution in [3.63, 3.8) is 0 Å². The molecule has 1 aliphatic heterocycles. The molecule has 1 amide bonds. The molecular formula is C23H19NO5. The molecule has 29 heavy (non-hydrogen) atoms. The summed E-state index contributed by atoms with van der Waals surface area (Å²) in [5.74, 6) is -1.88. The SMILES string of the molecule is Cc1ccc(N2C(=O)C(O)=C(C(=O)c3ccco3)C2c2cccc(O)c2)cc1C. The number of nitrogens with zero attached hydrogens (tertiary/aromatic N) is 1. The van der Waals surface area contributed by atoms with Crippen LogP contribution in [0.5, 0.6) is 5.75 Å². The Bertz CT molecular complexity index is 1140. The van der Waals surface area contributed by atoms with E-state index in [1.807, 2.05) is 26.0 Å². The van der Waals surface area contributed by atoms with E-state index in [-0.39, 0.29) is 17.1 Å².